The van der Waals surface area contributed by atoms with Crippen LogP contribution in [0.2, 0.25) is 0 Å². The maximum Gasteiger partial charge on any atom is 0.218 e. The summed E-state index contributed by atoms with van der Waals surface area (Å²) in [6, 6.07) is 25.8. The molecule has 5 nitrogen and oxygen atoms in total. The zero-order chi connectivity index (χ0) is 21.8. The lowest BCUT2D eigenvalue weighted by atomic mass is 9.92. The van der Waals surface area contributed by atoms with Crippen molar-refractivity contribution in [3.05, 3.63) is 106 Å². The van der Waals surface area contributed by atoms with Gasteiger partial charge in [-0.3, -0.25) is 4.57 Å². The summed E-state index contributed by atoms with van der Waals surface area (Å²) < 4.78 is 10.1. The molecule has 1 aliphatic rings. The van der Waals surface area contributed by atoms with Gasteiger partial charge in [0.25, 0.3) is 0 Å². The van der Waals surface area contributed by atoms with Crippen molar-refractivity contribution in [1.29, 1.82) is 0 Å². The second-order valence-electron chi connectivity index (χ2n) is 7.98. The van der Waals surface area contributed by atoms with Gasteiger partial charge in [0.15, 0.2) is 4.77 Å². The van der Waals surface area contributed by atoms with Crippen LogP contribution in [-0.2, 0) is 6.42 Å². The lowest BCUT2D eigenvalue weighted by molar-refractivity contribution is 0.402. The molecule has 2 N–H and O–H groups in total. The van der Waals surface area contributed by atoms with Gasteiger partial charge < -0.3 is 19.4 Å². The first kappa shape index (κ1) is 19.0. The van der Waals surface area contributed by atoms with Crippen molar-refractivity contribution >= 4 is 23.1 Å². The van der Waals surface area contributed by atoms with Gasteiger partial charge in [0, 0.05) is 28.6 Å². The van der Waals surface area contributed by atoms with E-state index in [1.54, 1.807) is 11.7 Å². The molecule has 0 radical (unpaired) electrons. The first-order valence-corrected chi connectivity index (χ1v) is 10.9. The van der Waals surface area contributed by atoms with Crippen LogP contribution < -0.4 is 4.74 Å². The molecule has 1 atom stereocenters. The Morgan fingerprint density at radius 2 is 1.69 bits per heavy atom. The molecule has 1 aliphatic heterocycles. The van der Waals surface area contributed by atoms with Crippen LogP contribution in [-0.4, -0.2) is 26.3 Å². The lowest BCUT2D eigenvalue weighted by Crippen LogP contribution is -2.22. The minimum Gasteiger partial charge on any atom is -0.496 e. The zero-order valence-corrected chi connectivity index (χ0v) is 18.3. The summed E-state index contributed by atoms with van der Waals surface area (Å²) in [4.78, 5) is 3.64. The third-order valence-electron chi connectivity index (χ3n) is 6.33. The molecule has 6 rings (SSSR count). The Labute approximate surface area is 190 Å². The van der Waals surface area contributed by atoms with E-state index < -0.39 is 0 Å². The fraction of sp³-hybridized carbons (Fsp3) is 0.115. The highest BCUT2D eigenvalue weighted by Crippen LogP contribution is 2.45. The van der Waals surface area contributed by atoms with Crippen LogP contribution in [0, 0.1) is 4.77 Å². The first-order valence-electron chi connectivity index (χ1n) is 10.5. The van der Waals surface area contributed by atoms with Crippen LogP contribution >= 0.6 is 12.2 Å². The summed E-state index contributed by atoms with van der Waals surface area (Å²) in [5.41, 5.74) is 5.95. The van der Waals surface area contributed by atoms with E-state index >= 15 is 0 Å². The average molecular weight is 440 g/mol. The molecular weight excluding hydrogens is 418 g/mol. The van der Waals surface area contributed by atoms with Gasteiger partial charge in [-0.1, -0.05) is 54.6 Å². The molecular formula is C26H21N3O2S. The molecule has 0 aliphatic carbocycles. The second kappa shape index (κ2) is 7.14. The molecule has 2 aromatic heterocycles. The average Bonchev–Trinajstić information content (AvgIpc) is 3.33. The predicted molar refractivity (Wildman–Crippen MR) is 128 cm³/mol. The van der Waals surface area contributed by atoms with Crippen molar-refractivity contribution in [1.82, 2.24) is 14.1 Å². The smallest absolute Gasteiger partial charge is 0.218 e. The van der Waals surface area contributed by atoms with Gasteiger partial charge in [-0.25, -0.2) is 0 Å². The number of hydrogen-bond acceptors (Lipinski definition) is 3. The molecule has 3 aromatic carbocycles. The van der Waals surface area contributed by atoms with E-state index in [2.05, 4.69) is 27.8 Å². The molecule has 0 bridgehead atoms. The number of ether oxygens (including phenoxy) is 1. The van der Waals surface area contributed by atoms with Crippen molar-refractivity contribution in [2.75, 3.05) is 7.11 Å². The quantitative estimate of drug-likeness (QED) is 0.346. The van der Waals surface area contributed by atoms with Crippen LogP contribution in [0.1, 0.15) is 28.6 Å². The number of para-hydroxylation sites is 3. The molecule has 0 spiro atoms. The predicted octanol–water partition coefficient (Wildman–Crippen LogP) is 5.75. The first-order chi connectivity index (χ1) is 15.7. The van der Waals surface area contributed by atoms with Crippen molar-refractivity contribution in [3.8, 4) is 17.3 Å². The van der Waals surface area contributed by atoms with Crippen LogP contribution in [0.25, 0.3) is 16.6 Å². The summed E-state index contributed by atoms with van der Waals surface area (Å²) in [5.74, 6) is 0.959. The van der Waals surface area contributed by atoms with Crippen molar-refractivity contribution in [2.45, 2.75) is 12.5 Å². The number of fused-ring (bicyclic) bond motifs is 4. The summed E-state index contributed by atoms with van der Waals surface area (Å²) in [5, 5.41) is 12.5. The maximum absolute atomic E-state index is 11.4. The van der Waals surface area contributed by atoms with Gasteiger partial charge in [0.2, 0.25) is 5.88 Å². The standard InChI is InChI=1S/C26H21N3O2S/c1-31-22-14-8-6-12-18(22)24-23-19(17-11-5-7-13-20(17)27-23)15-21-25(30)28(26(32)29(21)24)16-9-3-2-4-10-16/h2-14,24,27,30H,15H2,1H3. The van der Waals surface area contributed by atoms with E-state index in [0.717, 1.165) is 39.3 Å². The summed E-state index contributed by atoms with van der Waals surface area (Å²) in [7, 11) is 1.68. The molecule has 1 unspecified atom stereocenters. The van der Waals surface area contributed by atoms with Gasteiger partial charge in [-0.05, 0) is 42.0 Å². The summed E-state index contributed by atoms with van der Waals surface area (Å²) >= 11 is 5.96. The van der Waals surface area contributed by atoms with Crippen LogP contribution in [0.15, 0.2) is 78.9 Å². The number of hydrogen-bond donors (Lipinski definition) is 2. The van der Waals surface area contributed by atoms with E-state index in [1.807, 2.05) is 60.7 Å². The Balaban J connectivity index is 1.70. The molecule has 158 valence electrons. The van der Waals surface area contributed by atoms with Crippen LogP contribution in [0.3, 0.4) is 0 Å². The molecule has 6 heteroatoms. The fourth-order valence-corrected chi connectivity index (χ4v) is 5.33. The highest BCUT2D eigenvalue weighted by Gasteiger charge is 2.35. The van der Waals surface area contributed by atoms with Crippen LogP contribution in [0.4, 0.5) is 0 Å². The Kier molecular flexibility index (Phi) is 4.23. The molecule has 0 saturated heterocycles. The molecule has 0 amide bonds. The van der Waals surface area contributed by atoms with E-state index in [0.29, 0.717) is 11.2 Å². The van der Waals surface area contributed by atoms with Gasteiger partial charge in [0.05, 0.1) is 18.5 Å². The SMILES string of the molecule is COc1ccccc1C1c2[nH]c3ccccc3c2Cc2c(O)n(-c3ccccc3)c(=S)n21. The largest absolute Gasteiger partial charge is 0.496 e. The van der Waals surface area contributed by atoms with E-state index in [-0.39, 0.29) is 11.9 Å². The number of nitrogens with zero attached hydrogens (tertiary/aromatic N) is 2. The normalized spacial score (nSPS) is 14.8. The van der Waals surface area contributed by atoms with Gasteiger partial charge in [0.1, 0.15) is 11.8 Å². The van der Waals surface area contributed by atoms with Crippen LogP contribution in [0.5, 0.6) is 11.6 Å². The molecule has 5 aromatic rings. The number of imidazole rings is 1. The van der Waals surface area contributed by atoms with Crippen molar-refractivity contribution < 1.29 is 9.84 Å². The van der Waals surface area contributed by atoms with E-state index in [1.165, 1.54) is 5.56 Å². The maximum atomic E-state index is 11.4. The monoisotopic (exact) mass is 439 g/mol. The minimum atomic E-state index is -0.249. The number of nitrogens with one attached hydrogen (secondary N) is 1. The molecule has 3 heterocycles. The van der Waals surface area contributed by atoms with Crippen molar-refractivity contribution in [2.24, 2.45) is 0 Å². The Hall–Kier alpha value is -3.77. The summed E-state index contributed by atoms with van der Waals surface area (Å²) in [6.07, 6.45) is 0.584. The number of H-pyrrole nitrogens is 1. The third kappa shape index (κ3) is 2.59. The number of aromatic nitrogens is 3. The van der Waals surface area contributed by atoms with Gasteiger partial charge >= 0.3 is 0 Å². The molecule has 32 heavy (non-hydrogen) atoms. The molecule has 0 saturated carbocycles. The third-order valence-corrected chi connectivity index (χ3v) is 6.71. The highest BCUT2D eigenvalue weighted by atomic mass is 32.1. The minimum absolute atomic E-state index is 0.178. The Morgan fingerprint density at radius 3 is 2.50 bits per heavy atom. The fourth-order valence-electron chi connectivity index (χ4n) is 4.92. The number of aromatic hydroxyl groups is 1. The van der Waals surface area contributed by atoms with E-state index in [9.17, 15) is 5.11 Å². The molecule has 0 fully saturated rings. The number of methoxy groups -OCH3 is 1. The topological polar surface area (TPSA) is 55.1 Å². The zero-order valence-electron chi connectivity index (χ0n) is 17.4. The van der Waals surface area contributed by atoms with Crippen molar-refractivity contribution in [3.63, 3.8) is 0 Å². The Morgan fingerprint density at radius 1 is 0.969 bits per heavy atom. The summed E-state index contributed by atoms with van der Waals surface area (Å²) in [6.45, 7) is 0. The highest BCUT2D eigenvalue weighted by molar-refractivity contribution is 7.71. The second-order valence-corrected chi connectivity index (χ2v) is 8.34. The van der Waals surface area contributed by atoms with Gasteiger partial charge in [-0.2, -0.15) is 0 Å². The van der Waals surface area contributed by atoms with E-state index in [4.69, 9.17) is 17.0 Å². The lowest BCUT2D eigenvalue weighted by Gasteiger charge is -2.27. The number of rotatable bonds is 3. The van der Waals surface area contributed by atoms with Gasteiger partial charge in [-0.15, -0.1) is 0 Å². The number of aromatic amines is 1. The number of benzene rings is 3. The Bertz CT molecular complexity index is 1530.